The predicted molar refractivity (Wildman–Crippen MR) is 72.1 cm³/mol. The Labute approximate surface area is 109 Å². The molecule has 2 rings (SSSR count). The van der Waals surface area contributed by atoms with E-state index in [4.69, 9.17) is 15.2 Å². The second kappa shape index (κ2) is 5.59. The quantitative estimate of drug-likeness (QED) is 0.883. The van der Waals surface area contributed by atoms with Crippen LogP contribution in [-0.4, -0.2) is 39.3 Å². The zero-order valence-corrected chi connectivity index (χ0v) is 11.3. The summed E-state index contributed by atoms with van der Waals surface area (Å²) in [5.74, 6) is 2.20. The maximum Gasteiger partial charge on any atom is 0.165 e. The highest BCUT2D eigenvalue weighted by Crippen LogP contribution is 2.41. The lowest BCUT2D eigenvalue weighted by Gasteiger charge is -2.22. The van der Waals surface area contributed by atoms with Crippen molar-refractivity contribution >= 4 is 0 Å². The Morgan fingerprint density at radius 1 is 1.33 bits per heavy atom. The van der Waals surface area contributed by atoms with E-state index in [0.717, 1.165) is 31.0 Å². The van der Waals surface area contributed by atoms with Crippen molar-refractivity contribution in [3.8, 4) is 11.5 Å². The summed E-state index contributed by atoms with van der Waals surface area (Å²) in [5, 5.41) is 0. The average molecular weight is 250 g/mol. The van der Waals surface area contributed by atoms with E-state index in [1.54, 1.807) is 14.2 Å². The van der Waals surface area contributed by atoms with Crippen LogP contribution in [0.3, 0.4) is 0 Å². The molecule has 0 saturated carbocycles. The molecular weight excluding hydrogens is 228 g/mol. The fourth-order valence-electron chi connectivity index (χ4n) is 2.81. The van der Waals surface area contributed by atoms with Crippen molar-refractivity contribution in [2.45, 2.75) is 12.5 Å². The smallest absolute Gasteiger partial charge is 0.165 e. The molecule has 4 heteroatoms. The lowest BCUT2D eigenvalue weighted by Crippen LogP contribution is -2.20. The largest absolute Gasteiger partial charge is 0.493 e. The van der Waals surface area contributed by atoms with E-state index in [-0.39, 0.29) is 0 Å². The molecule has 0 spiro atoms. The third-order valence-electron chi connectivity index (χ3n) is 3.76. The Morgan fingerprint density at radius 3 is 2.67 bits per heavy atom. The van der Waals surface area contributed by atoms with E-state index in [1.807, 2.05) is 12.1 Å². The number of hydrogen-bond acceptors (Lipinski definition) is 4. The zero-order chi connectivity index (χ0) is 13.1. The molecule has 2 unspecified atom stereocenters. The van der Waals surface area contributed by atoms with Crippen LogP contribution in [0.5, 0.6) is 11.5 Å². The monoisotopic (exact) mass is 250 g/mol. The second-order valence-electron chi connectivity index (χ2n) is 4.88. The van der Waals surface area contributed by atoms with Gasteiger partial charge in [-0.05, 0) is 32.0 Å². The summed E-state index contributed by atoms with van der Waals surface area (Å²) < 4.78 is 10.9. The van der Waals surface area contributed by atoms with Crippen LogP contribution in [0, 0.1) is 5.92 Å². The lowest BCUT2D eigenvalue weighted by molar-refractivity contribution is 0.296. The minimum absolute atomic E-state index is 0.364. The summed E-state index contributed by atoms with van der Waals surface area (Å²) in [6.07, 6.45) is 1.08. The Balaban J connectivity index is 2.33. The number of likely N-dealkylation sites (tertiary alicyclic amines) is 1. The van der Waals surface area contributed by atoms with Crippen molar-refractivity contribution in [2.24, 2.45) is 11.7 Å². The molecule has 2 atom stereocenters. The van der Waals surface area contributed by atoms with Gasteiger partial charge >= 0.3 is 0 Å². The molecule has 1 aliphatic rings. The summed E-state index contributed by atoms with van der Waals surface area (Å²) in [6, 6.07) is 6.42. The second-order valence-corrected chi connectivity index (χ2v) is 4.88. The van der Waals surface area contributed by atoms with Gasteiger partial charge in [-0.15, -0.1) is 0 Å². The van der Waals surface area contributed by atoms with Gasteiger partial charge < -0.3 is 15.2 Å². The normalized spacial score (nSPS) is 24.2. The number of hydrogen-bond donors (Lipinski definition) is 1. The third kappa shape index (κ3) is 2.31. The van der Waals surface area contributed by atoms with Crippen LogP contribution in [0.15, 0.2) is 18.2 Å². The van der Waals surface area contributed by atoms with E-state index in [1.165, 1.54) is 5.56 Å². The average Bonchev–Trinajstić information content (AvgIpc) is 2.78. The fourth-order valence-corrected chi connectivity index (χ4v) is 2.81. The Morgan fingerprint density at radius 2 is 2.11 bits per heavy atom. The number of para-hydroxylation sites is 1. The van der Waals surface area contributed by atoms with Crippen LogP contribution in [0.25, 0.3) is 0 Å². The number of nitrogens with zero attached hydrogens (tertiary/aromatic N) is 1. The van der Waals surface area contributed by atoms with Gasteiger partial charge in [0.2, 0.25) is 0 Å². The molecule has 1 aromatic carbocycles. The third-order valence-corrected chi connectivity index (χ3v) is 3.76. The fraction of sp³-hybridized carbons (Fsp3) is 0.571. The van der Waals surface area contributed by atoms with Crippen LogP contribution in [0.2, 0.25) is 0 Å². The number of nitrogens with two attached hydrogens (primary N) is 1. The van der Waals surface area contributed by atoms with Crippen LogP contribution in [0.4, 0.5) is 0 Å². The molecule has 1 aliphatic heterocycles. The molecule has 1 heterocycles. The minimum Gasteiger partial charge on any atom is -0.493 e. The summed E-state index contributed by atoms with van der Waals surface area (Å²) in [6.45, 7) is 1.79. The first-order chi connectivity index (χ1) is 8.71. The van der Waals surface area contributed by atoms with Crippen LogP contribution >= 0.6 is 0 Å². The molecular formula is C14H22N2O2. The van der Waals surface area contributed by atoms with Gasteiger partial charge in [0.25, 0.3) is 0 Å². The van der Waals surface area contributed by atoms with Crippen LogP contribution in [0.1, 0.15) is 18.0 Å². The van der Waals surface area contributed by atoms with E-state index in [9.17, 15) is 0 Å². The predicted octanol–water partition coefficient (Wildman–Crippen LogP) is 1.66. The first-order valence-corrected chi connectivity index (χ1v) is 6.32. The van der Waals surface area contributed by atoms with Crippen molar-refractivity contribution in [3.05, 3.63) is 23.8 Å². The molecule has 18 heavy (non-hydrogen) atoms. The Kier molecular flexibility index (Phi) is 4.09. The molecule has 100 valence electrons. The minimum atomic E-state index is 0.364. The number of ether oxygens (including phenoxy) is 2. The molecule has 2 N–H and O–H groups in total. The van der Waals surface area contributed by atoms with Gasteiger partial charge in [0.15, 0.2) is 11.5 Å². The summed E-state index contributed by atoms with van der Waals surface area (Å²) >= 11 is 0. The lowest BCUT2D eigenvalue weighted by atomic mass is 9.99. The maximum atomic E-state index is 5.78. The van der Waals surface area contributed by atoms with Gasteiger partial charge in [-0.25, -0.2) is 0 Å². The first kappa shape index (κ1) is 13.2. The summed E-state index contributed by atoms with van der Waals surface area (Å²) in [5.41, 5.74) is 6.97. The van der Waals surface area contributed by atoms with Gasteiger partial charge in [-0.2, -0.15) is 0 Å². The van der Waals surface area contributed by atoms with Crippen LogP contribution in [-0.2, 0) is 0 Å². The van der Waals surface area contributed by atoms with Crippen molar-refractivity contribution in [3.63, 3.8) is 0 Å². The highest BCUT2D eigenvalue weighted by Gasteiger charge is 2.32. The highest BCUT2D eigenvalue weighted by molar-refractivity contribution is 5.48. The number of rotatable bonds is 4. The van der Waals surface area contributed by atoms with Gasteiger partial charge in [0.05, 0.1) is 14.2 Å². The number of methoxy groups -OCH3 is 2. The molecule has 0 bridgehead atoms. The topological polar surface area (TPSA) is 47.7 Å². The first-order valence-electron chi connectivity index (χ1n) is 6.32. The van der Waals surface area contributed by atoms with Gasteiger partial charge in [-0.1, -0.05) is 12.1 Å². The molecule has 0 radical (unpaired) electrons. The van der Waals surface area contributed by atoms with Crippen molar-refractivity contribution in [1.82, 2.24) is 4.90 Å². The van der Waals surface area contributed by atoms with Gasteiger partial charge in [0, 0.05) is 18.2 Å². The number of benzene rings is 1. The molecule has 1 aromatic rings. The van der Waals surface area contributed by atoms with Gasteiger partial charge in [-0.3, -0.25) is 4.90 Å². The summed E-state index contributed by atoms with van der Waals surface area (Å²) in [7, 11) is 5.50. The highest BCUT2D eigenvalue weighted by atomic mass is 16.5. The van der Waals surface area contributed by atoms with E-state index >= 15 is 0 Å². The Hall–Kier alpha value is -1.26. The van der Waals surface area contributed by atoms with E-state index in [0.29, 0.717) is 12.0 Å². The molecule has 0 amide bonds. The molecule has 0 aliphatic carbocycles. The van der Waals surface area contributed by atoms with Crippen molar-refractivity contribution < 1.29 is 9.47 Å². The summed E-state index contributed by atoms with van der Waals surface area (Å²) in [4.78, 5) is 2.34. The SMILES string of the molecule is COc1cccc(C2CC(CN)CN2C)c1OC. The standard InChI is InChI=1S/C14H22N2O2/c1-16-9-10(8-15)7-12(16)11-5-4-6-13(17-2)14(11)18-3/h4-6,10,12H,7-9,15H2,1-3H3. The molecule has 1 saturated heterocycles. The van der Waals surface area contributed by atoms with Crippen molar-refractivity contribution in [2.75, 3.05) is 34.4 Å². The maximum absolute atomic E-state index is 5.78. The van der Waals surface area contributed by atoms with Gasteiger partial charge in [0.1, 0.15) is 0 Å². The molecule has 1 fully saturated rings. The van der Waals surface area contributed by atoms with Crippen LogP contribution < -0.4 is 15.2 Å². The molecule has 4 nitrogen and oxygen atoms in total. The van der Waals surface area contributed by atoms with Crippen molar-refractivity contribution in [1.29, 1.82) is 0 Å². The van der Waals surface area contributed by atoms with E-state index in [2.05, 4.69) is 18.0 Å². The molecule has 0 aromatic heterocycles. The Bertz CT molecular complexity index is 409. The van der Waals surface area contributed by atoms with E-state index < -0.39 is 0 Å². The zero-order valence-electron chi connectivity index (χ0n) is 11.3.